The van der Waals surface area contributed by atoms with Gasteiger partial charge in [0.25, 0.3) is 0 Å². The Labute approximate surface area is 257 Å². The van der Waals surface area contributed by atoms with E-state index in [0.29, 0.717) is 43.9 Å². The van der Waals surface area contributed by atoms with Gasteiger partial charge in [-0.3, -0.25) is 4.79 Å². The first-order valence-corrected chi connectivity index (χ1v) is 17.5. The Morgan fingerprint density at radius 1 is 1.07 bits per heavy atom. The number of hydrogen-bond donors (Lipinski definition) is 2. The lowest BCUT2D eigenvalue weighted by molar-refractivity contribution is -0.245. The van der Waals surface area contributed by atoms with Crippen LogP contribution in [-0.2, 0) is 23.8 Å². The van der Waals surface area contributed by atoms with Crippen molar-refractivity contribution in [2.45, 2.75) is 135 Å². The number of aliphatic hydroxyl groups excluding tert-OH is 1. The molecule has 0 aromatic rings. The molecule has 0 aromatic heterocycles. The number of fused-ring (bicyclic) bond motifs is 4. The highest BCUT2D eigenvalue weighted by Gasteiger charge is 2.85. The average Bonchev–Trinajstić information content (AvgIpc) is 3.90. The topological polar surface area (TPSA) is 111 Å². The van der Waals surface area contributed by atoms with Crippen LogP contribution in [0.1, 0.15) is 98.3 Å². The van der Waals surface area contributed by atoms with E-state index in [1.807, 2.05) is 4.90 Å². The molecular weight excluding hydrogens is 544 g/mol. The number of aliphatic hydroxyl groups is 1. The maximum absolute atomic E-state index is 12.8. The van der Waals surface area contributed by atoms with Gasteiger partial charge in [0.15, 0.2) is 6.29 Å². The van der Waals surface area contributed by atoms with Crippen LogP contribution in [0.2, 0.25) is 0 Å². The molecule has 6 aliphatic carbocycles. The van der Waals surface area contributed by atoms with Gasteiger partial charge in [-0.2, -0.15) is 0 Å². The van der Waals surface area contributed by atoms with Crippen LogP contribution in [0, 0.1) is 51.2 Å². The standard InChI is InChI=1S/C35H54N2O6/c1-20-15-22(18-38)42-29-28(20)32(4)11-12-34-19-33(34)10-9-25(31(2,3)23(33)7-8-24(34)35(32,36)30(29)40)43-27-17-37(13-14-41-27)26(39)16-21-5-6-21/h18,20-25,27-30,40H,5-17,19,36H2,1-4H3/t20-,22-,23+,24-,25+,27+,28+,29+,30+,32-,33-,34+,35+/m1/s1. The monoisotopic (exact) mass is 598 g/mol. The van der Waals surface area contributed by atoms with Crippen molar-refractivity contribution in [3.05, 3.63) is 0 Å². The summed E-state index contributed by atoms with van der Waals surface area (Å²) in [5.74, 6) is 2.13. The SMILES string of the molecule is C[C@@H]1C[C@H](C=O)O[C@H]2[C@H]1[C@@]1(C)CC[C@@]34C[C@@]35CC[C@H](O[C@H]3CN(C(=O)CC6CC6)CCO3)C(C)(C)[C@@H]5CC[C@H]4[C@]1(N)[C@H]2O. The second-order valence-electron chi connectivity index (χ2n) is 17.3. The van der Waals surface area contributed by atoms with Crippen molar-refractivity contribution in [3.63, 3.8) is 0 Å². The predicted molar refractivity (Wildman–Crippen MR) is 160 cm³/mol. The van der Waals surface area contributed by atoms with Crippen molar-refractivity contribution < 1.29 is 28.9 Å². The molecule has 8 nitrogen and oxygen atoms in total. The summed E-state index contributed by atoms with van der Waals surface area (Å²) in [6, 6.07) is 0. The number of rotatable bonds is 5. The zero-order valence-corrected chi connectivity index (χ0v) is 26.8. The second-order valence-corrected chi connectivity index (χ2v) is 17.3. The van der Waals surface area contributed by atoms with E-state index in [9.17, 15) is 14.7 Å². The second kappa shape index (κ2) is 9.49. The molecule has 0 aromatic carbocycles. The van der Waals surface area contributed by atoms with Gasteiger partial charge in [0.1, 0.15) is 12.4 Å². The fourth-order valence-corrected chi connectivity index (χ4v) is 13.1. The molecule has 2 saturated heterocycles. The third kappa shape index (κ3) is 3.79. The molecule has 1 amide bonds. The number of hydrogen-bond acceptors (Lipinski definition) is 7. The van der Waals surface area contributed by atoms with E-state index in [4.69, 9.17) is 19.9 Å². The van der Waals surface area contributed by atoms with Gasteiger partial charge < -0.3 is 34.7 Å². The summed E-state index contributed by atoms with van der Waals surface area (Å²) in [6.45, 7) is 11.2. The van der Waals surface area contributed by atoms with Crippen molar-refractivity contribution in [1.82, 2.24) is 4.90 Å². The minimum absolute atomic E-state index is 0.0179. The number of aldehydes is 1. The molecule has 8 rings (SSSR count). The van der Waals surface area contributed by atoms with Gasteiger partial charge in [-0.25, -0.2) is 0 Å². The van der Waals surface area contributed by atoms with Crippen molar-refractivity contribution in [3.8, 4) is 0 Å². The quantitative estimate of drug-likeness (QED) is 0.459. The van der Waals surface area contributed by atoms with Crippen LogP contribution in [0.25, 0.3) is 0 Å². The fourth-order valence-electron chi connectivity index (χ4n) is 13.1. The average molecular weight is 599 g/mol. The Balaban J connectivity index is 1.01. The molecule has 8 heteroatoms. The number of morpholine rings is 1. The lowest BCUT2D eigenvalue weighted by atomic mass is 9.43. The molecular formula is C35H54N2O6. The van der Waals surface area contributed by atoms with Crippen molar-refractivity contribution in [2.24, 2.45) is 57.0 Å². The van der Waals surface area contributed by atoms with E-state index >= 15 is 0 Å². The first kappa shape index (κ1) is 29.3. The third-order valence-corrected chi connectivity index (χ3v) is 15.3. The Hall–Kier alpha value is -1.06. The van der Waals surface area contributed by atoms with Crippen LogP contribution < -0.4 is 5.73 Å². The van der Waals surface area contributed by atoms with Gasteiger partial charge in [-0.05, 0) is 115 Å². The zero-order chi connectivity index (χ0) is 30.2. The highest BCUT2D eigenvalue weighted by Crippen LogP contribution is 2.87. The third-order valence-electron chi connectivity index (χ3n) is 15.3. The van der Waals surface area contributed by atoms with Crippen LogP contribution in [-0.4, -0.2) is 78.1 Å². The molecule has 240 valence electrons. The van der Waals surface area contributed by atoms with Crippen LogP contribution >= 0.6 is 0 Å². The molecule has 8 fully saturated rings. The molecule has 8 aliphatic rings. The van der Waals surface area contributed by atoms with E-state index < -0.39 is 17.7 Å². The molecule has 2 heterocycles. The highest BCUT2D eigenvalue weighted by molar-refractivity contribution is 5.76. The first-order chi connectivity index (χ1) is 20.4. The van der Waals surface area contributed by atoms with Gasteiger partial charge >= 0.3 is 0 Å². The zero-order valence-electron chi connectivity index (χ0n) is 26.8. The molecule has 2 aliphatic heterocycles. The summed E-state index contributed by atoms with van der Waals surface area (Å²) in [5, 5.41) is 12.1. The lowest BCUT2D eigenvalue weighted by Crippen LogP contribution is -2.70. The minimum Gasteiger partial charge on any atom is -0.388 e. The smallest absolute Gasteiger partial charge is 0.223 e. The van der Waals surface area contributed by atoms with Gasteiger partial charge in [0.2, 0.25) is 5.91 Å². The summed E-state index contributed by atoms with van der Waals surface area (Å²) < 4.78 is 19.2. The van der Waals surface area contributed by atoms with Crippen molar-refractivity contribution in [2.75, 3.05) is 19.7 Å². The Morgan fingerprint density at radius 2 is 1.81 bits per heavy atom. The van der Waals surface area contributed by atoms with Crippen LogP contribution in [0.15, 0.2) is 0 Å². The molecule has 13 atom stereocenters. The first-order valence-electron chi connectivity index (χ1n) is 17.5. The highest BCUT2D eigenvalue weighted by atomic mass is 16.7. The van der Waals surface area contributed by atoms with Gasteiger partial charge in [0, 0.05) is 13.0 Å². The fraction of sp³-hybridized carbons (Fsp3) is 0.943. The molecule has 0 bridgehead atoms. The summed E-state index contributed by atoms with van der Waals surface area (Å²) in [7, 11) is 0. The maximum atomic E-state index is 12.8. The Bertz CT molecular complexity index is 1170. The summed E-state index contributed by atoms with van der Waals surface area (Å²) >= 11 is 0. The normalized spacial score (nSPS) is 54.8. The molecule has 2 spiro atoms. The van der Waals surface area contributed by atoms with Crippen LogP contribution in [0.5, 0.6) is 0 Å². The minimum atomic E-state index is -0.745. The number of nitrogens with zero attached hydrogens (tertiary/aromatic N) is 1. The molecule has 43 heavy (non-hydrogen) atoms. The predicted octanol–water partition coefficient (Wildman–Crippen LogP) is 4.06. The number of amides is 1. The lowest BCUT2D eigenvalue weighted by Gasteiger charge is -2.63. The molecule has 3 N–H and O–H groups in total. The van der Waals surface area contributed by atoms with E-state index in [-0.39, 0.29) is 57.9 Å². The van der Waals surface area contributed by atoms with Crippen molar-refractivity contribution >= 4 is 12.2 Å². The van der Waals surface area contributed by atoms with E-state index in [1.54, 1.807) is 0 Å². The number of carbonyl (C=O) groups is 2. The van der Waals surface area contributed by atoms with Crippen molar-refractivity contribution in [1.29, 1.82) is 0 Å². The van der Waals surface area contributed by atoms with E-state index in [0.717, 1.165) is 44.8 Å². The summed E-state index contributed by atoms with van der Waals surface area (Å²) in [5.41, 5.74) is 7.13. The molecule has 6 saturated carbocycles. The number of ether oxygens (including phenoxy) is 3. The molecule has 0 radical (unpaired) electrons. The van der Waals surface area contributed by atoms with Gasteiger partial charge in [-0.1, -0.05) is 27.7 Å². The van der Waals surface area contributed by atoms with E-state index in [2.05, 4.69) is 27.7 Å². The number of carbonyl (C=O) groups excluding carboxylic acids is 2. The largest absolute Gasteiger partial charge is 0.388 e. The molecule has 0 unspecified atom stereocenters. The Kier molecular flexibility index (Phi) is 6.48. The van der Waals surface area contributed by atoms with E-state index in [1.165, 1.54) is 25.7 Å². The summed E-state index contributed by atoms with van der Waals surface area (Å²) in [4.78, 5) is 26.5. The summed E-state index contributed by atoms with van der Waals surface area (Å²) in [6.07, 6.45) is 10.6. The van der Waals surface area contributed by atoms with Crippen LogP contribution in [0.4, 0.5) is 0 Å². The Morgan fingerprint density at radius 3 is 2.56 bits per heavy atom. The van der Waals surface area contributed by atoms with Gasteiger partial charge in [0.05, 0.1) is 37.0 Å². The van der Waals surface area contributed by atoms with Crippen LogP contribution in [0.3, 0.4) is 0 Å². The van der Waals surface area contributed by atoms with Gasteiger partial charge in [-0.15, -0.1) is 0 Å². The maximum Gasteiger partial charge on any atom is 0.223 e. The number of nitrogens with two attached hydrogens (primary N) is 1.